The highest BCUT2D eigenvalue weighted by Crippen LogP contribution is 2.49. The molecule has 0 fully saturated rings. The first-order chi connectivity index (χ1) is 28.3. The second kappa shape index (κ2) is 18.6. The van der Waals surface area contributed by atoms with Gasteiger partial charge in [-0.05, 0) is 69.2 Å². The van der Waals surface area contributed by atoms with Gasteiger partial charge in [-0.25, -0.2) is 9.59 Å². The summed E-state index contributed by atoms with van der Waals surface area (Å²) < 4.78 is 28.2. The lowest BCUT2D eigenvalue weighted by Gasteiger charge is -2.23. The molecular formula is C43H48N4O10S2. The topological polar surface area (TPSA) is 161 Å². The Kier molecular flexibility index (Phi) is 13.6. The molecule has 3 amide bonds. The smallest absolute Gasteiger partial charge is 0.419 e. The molecule has 6 rings (SSSR count). The number of aromatic amines is 1. The van der Waals surface area contributed by atoms with E-state index in [-0.39, 0.29) is 29.1 Å². The van der Waals surface area contributed by atoms with Gasteiger partial charge < -0.3 is 38.1 Å². The molecule has 5 aromatic rings. The average Bonchev–Trinajstić information content (AvgIpc) is 3.94. The summed E-state index contributed by atoms with van der Waals surface area (Å²) in [5.41, 5.74) is 3.55. The molecule has 16 heteroatoms. The SMILES string of the molecule is CC[C@@H]1CN(C(=O)c2cc3cc(OC)ccc3o2)c2cc(OC(=O)N(C)c3ccccc3SSC(C)C(=O)N(C)CCOCCC(C)=O)c3[nH]c(C)c(C(=O)OC)c3c21. The zero-order valence-electron chi connectivity index (χ0n) is 34.3. The summed E-state index contributed by atoms with van der Waals surface area (Å²) >= 11 is 0. The van der Waals surface area contributed by atoms with E-state index in [2.05, 4.69) is 4.98 Å². The quantitative estimate of drug-likeness (QED) is 0.0575. The molecule has 59 heavy (non-hydrogen) atoms. The Morgan fingerprint density at radius 1 is 1.03 bits per heavy atom. The normalized spacial score (nSPS) is 14.0. The molecule has 1 unspecified atom stereocenters. The molecular weight excluding hydrogens is 797 g/mol. The van der Waals surface area contributed by atoms with Gasteiger partial charge in [-0.1, -0.05) is 40.6 Å². The molecule has 1 N–H and O–H groups in total. The Morgan fingerprint density at radius 2 is 1.80 bits per heavy atom. The van der Waals surface area contributed by atoms with Crippen LogP contribution >= 0.6 is 21.6 Å². The maximum absolute atomic E-state index is 14.3. The molecule has 0 aliphatic carbocycles. The first-order valence-electron chi connectivity index (χ1n) is 19.1. The van der Waals surface area contributed by atoms with Crippen molar-refractivity contribution in [1.29, 1.82) is 0 Å². The van der Waals surface area contributed by atoms with Crippen molar-refractivity contribution >= 4 is 84.5 Å². The van der Waals surface area contributed by atoms with Crippen molar-refractivity contribution in [3.8, 4) is 11.5 Å². The first-order valence-corrected chi connectivity index (χ1v) is 21.4. The Labute approximate surface area is 350 Å². The van der Waals surface area contributed by atoms with E-state index in [1.54, 1.807) is 80.4 Å². The van der Waals surface area contributed by atoms with Gasteiger partial charge in [-0.2, -0.15) is 0 Å². The average molecular weight is 845 g/mol. The zero-order valence-corrected chi connectivity index (χ0v) is 36.0. The number of carbonyl (C=O) groups is 5. The molecule has 2 atom stereocenters. The van der Waals surface area contributed by atoms with Gasteiger partial charge in [0.05, 0.1) is 55.1 Å². The Balaban J connectivity index is 1.27. The van der Waals surface area contributed by atoms with Crippen molar-refractivity contribution in [2.45, 2.75) is 56.6 Å². The van der Waals surface area contributed by atoms with Crippen LogP contribution < -0.4 is 19.3 Å². The third-order valence-electron chi connectivity index (χ3n) is 10.3. The summed E-state index contributed by atoms with van der Waals surface area (Å²) in [7, 11) is 8.88. The van der Waals surface area contributed by atoms with E-state index in [1.165, 1.54) is 40.5 Å². The largest absolute Gasteiger partial charge is 0.497 e. The van der Waals surface area contributed by atoms with Gasteiger partial charge in [0.2, 0.25) is 5.91 Å². The molecule has 0 saturated carbocycles. The van der Waals surface area contributed by atoms with Crippen LogP contribution in [0.5, 0.6) is 11.5 Å². The number of nitrogens with zero attached hydrogens (tertiary/aromatic N) is 3. The fourth-order valence-corrected chi connectivity index (χ4v) is 9.40. The standard InChI is InChI=1S/C43H48N4O10S2/c1-9-27-23-47(41(50)34-21-28-20-29(53-7)14-15-32(28)56-34)31-22-33(39-38(37(27)31)36(25(3)44-39)42(51)54-8)57-43(52)46(6)30-12-10-11-13-35(30)59-58-26(4)40(49)45(5)17-19-55-18-16-24(2)48/h10-15,20-22,26-27,44H,9,16-19,23H2,1-8H3/t26?,27-/m1/s1. The number of carbonyl (C=O) groups excluding carboxylic acids is 5. The van der Waals surface area contributed by atoms with Crippen LogP contribution in [0, 0.1) is 6.92 Å². The second-order valence-corrected chi connectivity index (χ2v) is 16.8. The number of fused-ring (bicyclic) bond motifs is 4. The lowest BCUT2D eigenvalue weighted by Crippen LogP contribution is -2.35. The van der Waals surface area contributed by atoms with E-state index < -0.39 is 23.2 Å². The van der Waals surface area contributed by atoms with Crippen molar-refractivity contribution in [1.82, 2.24) is 9.88 Å². The number of ether oxygens (including phenoxy) is 4. The molecule has 2 aromatic heterocycles. The molecule has 3 heterocycles. The van der Waals surface area contributed by atoms with E-state index in [9.17, 15) is 24.0 Å². The van der Waals surface area contributed by atoms with Crippen LogP contribution in [0.3, 0.4) is 0 Å². The molecule has 0 radical (unpaired) electrons. The molecule has 1 aliphatic heterocycles. The van der Waals surface area contributed by atoms with Gasteiger partial charge in [-0.3, -0.25) is 19.3 Å². The van der Waals surface area contributed by atoms with Crippen LogP contribution in [0.15, 0.2) is 63.9 Å². The van der Waals surface area contributed by atoms with Crippen LogP contribution in [0.1, 0.15) is 71.7 Å². The Bertz CT molecular complexity index is 2410. The molecule has 0 bridgehead atoms. The molecule has 1 aliphatic rings. The van der Waals surface area contributed by atoms with Crippen molar-refractivity contribution in [2.75, 3.05) is 64.4 Å². The maximum Gasteiger partial charge on any atom is 0.419 e. The van der Waals surface area contributed by atoms with Crippen LogP contribution in [0.2, 0.25) is 0 Å². The monoisotopic (exact) mass is 844 g/mol. The minimum atomic E-state index is -0.723. The van der Waals surface area contributed by atoms with E-state index in [4.69, 9.17) is 23.4 Å². The summed E-state index contributed by atoms with van der Waals surface area (Å²) in [5, 5.41) is 0.801. The lowest BCUT2D eigenvalue weighted by atomic mass is 9.93. The number of nitrogens with one attached hydrogen (secondary N) is 1. The summed E-state index contributed by atoms with van der Waals surface area (Å²) in [5.74, 6) is -0.291. The fourth-order valence-electron chi connectivity index (χ4n) is 7.05. The number of hydrogen-bond acceptors (Lipinski definition) is 12. The number of amides is 3. The lowest BCUT2D eigenvalue weighted by molar-refractivity contribution is -0.130. The third kappa shape index (κ3) is 9.09. The summed E-state index contributed by atoms with van der Waals surface area (Å²) in [6.07, 6.45) is 0.264. The van der Waals surface area contributed by atoms with Crippen LogP contribution in [0.4, 0.5) is 16.2 Å². The molecule has 14 nitrogen and oxygen atoms in total. The van der Waals surface area contributed by atoms with Crippen LogP contribution in [0.25, 0.3) is 21.9 Å². The first kappa shape index (κ1) is 43.1. The van der Waals surface area contributed by atoms with Crippen molar-refractivity contribution in [2.24, 2.45) is 0 Å². The van der Waals surface area contributed by atoms with Gasteiger partial charge in [0.15, 0.2) is 11.5 Å². The van der Waals surface area contributed by atoms with Crippen molar-refractivity contribution in [3.05, 3.63) is 77.2 Å². The number of aryl methyl sites for hydroxylation is 1. The van der Waals surface area contributed by atoms with Crippen molar-refractivity contribution < 1.29 is 47.3 Å². The third-order valence-corrected chi connectivity index (χ3v) is 13.1. The molecule has 0 saturated heterocycles. The predicted molar refractivity (Wildman–Crippen MR) is 229 cm³/mol. The Hall–Kier alpha value is -5.45. The Morgan fingerprint density at radius 3 is 2.51 bits per heavy atom. The van der Waals surface area contributed by atoms with Gasteiger partial charge in [0, 0.05) is 67.0 Å². The van der Waals surface area contributed by atoms with Crippen LogP contribution in [-0.4, -0.2) is 99.4 Å². The fraction of sp³-hybridized carbons (Fsp3) is 0.372. The van der Waals surface area contributed by atoms with Crippen molar-refractivity contribution in [3.63, 3.8) is 0 Å². The van der Waals surface area contributed by atoms with Gasteiger partial charge in [0.1, 0.15) is 17.1 Å². The summed E-state index contributed by atoms with van der Waals surface area (Å²) in [4.78, 5) is 74.6. The number of esters is 1. The summed E-state index contributed by atoms with van der Waals surface area (Å²) in [6, 6.07) is 15.9. The van der Waals surface area contributed by atoms with Gasteiger partial charge in [-0.15, -0.1) is 0 Å². The number of likely N-dealkylation sites (N-methyl/N-ethyl adjacent to an activating group) is 1. The number of hydrogen-bond donors (Lipinski definition) is 1. The highest BCUT2D eigenvalue weighted by Gasteiger charge is 2.39. The number of methoxy groups -OCH3 is 2. The summed E-state index contributed by atoms with van der Waals surface area (Å²) in [6.45, 7) is 8.41. The number of anilines is 2. The molecule has 3 aromatic carbocycles. The number of H-pyrrole nitrogens is 1. The highest BCUT2D eigenvalue weighted by molar-refractivity contribution is 8.77. The minimum absolute atomic E-state index is 0.0496. The minimum Gasteiger partial charge on any atom is -0.497 e. The number of para-hydroxylation sites is 1. The van der Waals surface area contributed by atoms with E-state index in [0.717, 1.165) is 10.5 Å². The number of aromatic nitrogens is 1. The maximum atomic E-state index is 14.3. The predicted octanol–water partition coefficient (Wildman–Crippen LogP) is 8.39. The highest BCUT2D eigenvalue weighted by atomic mass is 33.1. The van der Waals surface area contributed by atoms with Crippen LogP contribution in [-0.2, 0) is 19.1 Å². The van der Waals surface area contributed by atoms with Gasteiger partial charge >= 0.3 is 12.1 Å². The van der Waals surface area contributed by atoms with Gasteiger partial charge in [0.25, 0.3) is 5.91 Å². The molecule has 0 spiro atoms. The number of Topliss-reactive ketones (excluding diaryl/α,β-unsaturated/α-hetero) is 1. The number of benzene rings is 3. The second-order valence-electron chi connectivity index (χ2n) is 14.3. The molecule has 312 valence electrons. The van der Waals surface area contributed by atoms with E-state index >= 15 is 0 Å². The number of rotatable bonds is 16. The number of furan rings is 1. The van der Waals surface area contributed by atoms with E-state index in [0.29, 0.717) is 89.4 Å². The number of ketones is 1. The zero-order chi connectivity index (χ0) is 42.5. The van der Waals surface area contributed by atoms with E-state index in [1.807, 2.05) is 26.0 Å².